The van der Waals surface area contributed by atoms with Crippen LogP contribution in [0.15, 0.2) is 12.1 Å². The van der Waals surface area contributed by atoms with Crippen molar-refractivity contribution in [3.8, 4) is 11.5 Å². The molecule has 0 saturated heterocycles. The van der Waals surface area contributed by atoms with Crippen LogP contribution < -0.4 is 4.74 Å². The molecule has 3 N–H and O–H groups in total. The average Bonchev–Trinajstić information content (AvgIpc) is 2.25. The average molecular weight is 268 g/mol. The number of aromatic carboxylic acids is 1. The van der Waals surface area contributed by atoms with Crippen LogP contribution in [0.25, 0.3) is 0 Å². The molecule has 0 fully saturated rings. The van der Waals surface area contributed by atoms with Gasteiger partial charge in [-0.2, -0.15) is 0 Å². The molecular formula is C13H16O6. The van der Waals surface area contributed by atoms with E-state index in [1.807, 2.05) is 0 Å². The number of phenolic OH excluding ortho intramolecular Hbond substituents is 1. The number of benzene rings is 1. The molecule has 6 nitrogen and oxygen atoms in total. The molecule has 0 unspecified atom stereocenters. The summed E-state index contributed by atoms with van der Waals surface area (Å²) in [5.41, 5.74) is -0.756. The Morgan fingerprint density at radius 2 is 1.84 bits per heavy atom. The first-order valence-electron chi connectivity index (χ1n) is 5.55. The van der Waals surface area contributed by atoms with E-state index in [1.54, 1.807) is 13.8 Å². The normalized spacial score (nSPS) is 11.1. The molecule has 0 heterocycles. The second kappa shape index (κ2) is 5.17. The number of methoxy groups -OCH3 is 1. The SMILES string of the molecule is COc1cc(O)c(C(C)(C)CC(=O)O)cc1C(=O)O. The van der Waals surface area contributed by atoms with E-state index in [9.17, 15) is 14.7 Å². The maximum atomic E-state index is 11.1. The third-order valence-electron chi connectivity index (χ3n) is 2.87. The highest BCUT2D eigenvalue weighted by Crippen LogP contribution is 2.38. The summed E-state index contributed by atoms with van der Waals surface area (Å²) >= 11 is 0. The summed E-state index contributed by atoms with van der Waals surface area (Å²) in [6.45, 7) is 3.24. The van der Waals surface area contributed by atoms with Gasteiger partial charge in [0.1, 0.15) is 17.1 Å². The minimum Gasteiger partial charge on any atom is -0.508 e. The van der Waals surface area contributed by atoms with Crippen LogP contribution in [0.4, 0.5) is 0 Å². The molecule has 104 valence electrons. The molecule has 19 heavy (non-hydrogen) atoms. The highest BCUT2D eigenvalue weighted by atomic mass is 16.5. The molecule has 0 aliphatic carbocycles. The Labute approximate surface area is 110 Å². The smallest absolute Gasteiger partial charge is 0.339 e. The molecule has 0 aromatic heterocycles. The number of carboxylic acids is 2. The molecule has 0 amide bonds. The van der Waals surface area contributed by atoms with Gasteiger partial charge in [-0.3, -0.25) is 4.79 Å². The lowest BCUT2D eigenvalue weighted by molar-refractivity contribution is -0.138. The molecule has 0 bridgehead atoms. The van der Waals surface area contributed by atoms with E-state index in [1.165, 1.54) is 19.2 Å². The molecule has 0 spiro atoms. The Morgan fingerprint density at radius 1 is 1.26 bits per heavy atom. The Balaban J connectivity index is 3.40. The lowest BCUT2D eigenvalue weighted by atomic mass is 9.80. The molecule has 0 radical (unpaired) electrons. The molecule has 0 aliphatic rings. The summed E-state index contributed by atoms with van der Waals surface area (Å²) in [7, 11) is 1.29. The van der Waals surface area contributed by atoms with Crippen molar-refractivity contribution in [1.29, 1.82) is 0 Å². The van der Waals surface area contributed by atoms with Crippen molar-refractivity contribution in [2.75, 3.05) is 7.11 Å². The lowest BCUT2D eigenvalue weighted by Crippen LogP contribution is -2.22. The van der Waals surface area contributed by atoms with Gasteiger partial charge in [0, 0.05) is 17.0 Å². The Morgan fingerprint density at radius 3 is 2.26 bits per heavy atom. The van der Waals surface area contributed by atoms with E-state index < -0.39 is 17.4 Å². The van der Waals surface area contributed by atoms with Crippen LogP contribution in [0.2, 0.25) is 0 Å². The molecule has 0 aliphatic heterocycles. The van der Waals surface area contributed by atoms with Gasteiger partial charge >= 0.3 is 11.9 Å². The summed E-state index contributed by atoms with van der Waals surface area (Å²) in [4.78, 5) is 21.9. The van der Waals surface area contributed by atoms with Crippen molar-refractivity contribution in [2.45, 2.75) is 25.7 Å². The fourth-order valence-corrected chi connectivity index (χ4v) is 1.92. The van der Waals surface area contributed by atoms with Gasteiger partial charge in [0.05, 0.1) is 13.5 Å². The van der Waals surface area contributed by atoms with Crippen molar-refractivity contribution in [2.24, 2.45) is 0 Å². The number of carboxylic acid groups (broad SMARTS) is 2. The minimum atomic E-state index is -1.20. The second-order valence-corrected chi connectivity index (χ2v) is 4.83. The number of carbonyl (C=O) groups is 2. The molecular weight excluding hydrogens is 252 g/mol. The lowest BCUT2D eigenvalue weighted by Gasteiger charge is -2.25. The zero-order valence-corrected chi connectivity index (χ0v) is 10.9. The summed E-state index contributed by atoms with van der Waals surface area (Å²) < 4.78 is 4.88. The number of aromatic hydroxyl groups is 1. The van der Waals surface area contributed by atoms with Crippen LogP contribution >= 0.6 is 0 Å². The molecule has 0 saturated carbocycles. The number of rotatable bonds is 5. The van der Waals surface area contributed by atoms with Crippen LogP contribution in [0, 0.1) is 0 Å². The Kier molecular flexibility index (Phi) is 4.04. The molecule has 1 aromatic carbocycles. The van der Waals surface area contributed by atoms with Crippen molar-refractivity contribution >= 4 is 11.9 Å². The van der Waals surface area contributed by atoms with Crippen LogP contribution in [0.1, 0.15) is 36.2 Å². The van der Waals surface area contributed by atoms with Crippen molar-refractivity contribution in [3.05, 3.63) is 23.3 Å². The Hall–Kier alpha value is -2.24. The number of hydrogen-bond donors (Lipinski definition) is 3. The van der Waals surface area contributed by atoms with Crippen molar-refractivity contribution in [3.63, 3.8) is 0 Å². The van der Waals surface area contributed by atoms with Gasteiger partial charge in [-0.15, -0.1) is 0 Å². The fourth-order valence-electron chi connectivity index (χ4n) is 1.92. The fraction of sp³-hybridized carbons (Fsp3) is 0.385. The number of hydrogen-bond acceptors (Lipinski definition) is 4. The molecule has 0 atom stereocenters. The summed E-state index contributed by atoms with van der Waals surface area (Å²) in [6, 6.07) is 2.43. The maximum Gasteiger partial charge on any atom is 0.339 e. The number of aliphatic carboxylic acids is 1. The van der Waals surface area contributed by atoms with Crippen LogP contribution in [0.3, 0.4) is 0 Å². The Bertz CT molecular complexity index is 518. The zero-order chi connectivity index (χ0) is 14.8. The van der Waals surface area contributed by atoms with Crippen LogP contribution in [0.5, 0.6) is 11.5 Å². The first-order valence-corrected chi connectivity index (χ1v) is 5.55. The third kappa shape index (κ3) is 3.15. The van der Waals surface area contributed by atoms with E-state index in [0.717, 1.165) is 0 Å². The number of phenols is 1. The first-order chi connectivity index (χ1) is 8.69. The first kappa shape index (κ1) is 14.8. The van der Waals surface area contributed by atoms with E-state index in [4.69, 9.17) is 14.9 Å². The summed E-state index contributed by atoms with van der Waals surface area (Å²) in [5.74, 6) is -2.39. The summed E-state index contributed by atoms with van der Waals surface area (Å²) in [5, 5.41) is 27.9. The highest BCUT2D eigenvalue weighted by molar-refractivity contribution is 5.91. The standard InChI is InChI=1S/C13H16O6/c1-13(2,6-11(15)16)8-4-7(12(17)18)10(19-3)5-9(8)14/h4-5,14H,6H2,1-3H3,(H,15,16)(H,17,18). The van der Waals surface area contributed by atoms with E-state index in [0.29, 0.717) is 0 Å². The monoisotopic (exact) mass is 268 g/mol. The van der Waals surface area contributed by atoms with E-state index in [-0.39, 0.29) is 29.0 Å². The van der Waals surface area contributed by atoms with Crippen LogP contribution in [-0.2, 0) is 10.2 Å². The van der Waals surface area contributed by atoms with E-state index in [2.05, 4.69) is 0 Å². The van der Waals surface area contributed by atoms with Gasteiger partial charge in [0.25, 0.3) is 0 Å². The maximum absolute atomic E-state index is 11.1. The van der Waals surface area contributed by atoms with Crippen molar-refractivity contribution in [1.82, 2.24) is 0 Å². The number of ether oxygens (including phenoxy) is 1. The molecule has 6 heteroatoms. The topological polar surface area (TPSA) is 104 Å². The van der Waals surface area contributed by atoms with E-state index >= 15 is 0 Å². The van der Waals surface area contributed by atoms with Gasteiger partial charge in [-0.25, -0.2) is 4.79 Å². The third-order valence-corrected chi connectivity index (χ3v) is 2.87. The minimum absolute atomic E-state index is 0.0277. The highest BCUT2D eigenvalue weighted by Gasteiger charge is 2.29. The van der Waals surface area contributed by atoms with Crippen LogP contribution in [-0.4, -0.2) is 34.4 Å². The molecule has 1 aromatic rings. The quantitative estimate of drug-likeness (QED) is 0.752. The predicted octanol–water partition coefficient (Wildman–Crippen LogP) is 1.85. The van der Waals surface area contributed by atoms with Gasteiger partial charge in [0.15, 0.2) is 0 Å². The summed E-state index contributed by atoms with van der Waals surface area (Å²) in [6.07, 6.45) is -0.230. The molecule has 1 rings (SSSR count). The predicted molar refractivity (Wildman–Crippen MR) is 66.9 cm³/mol. The van der Waals surface area contributed by atoms with Crippen molar-refractivity contribution < 1.29 is 29.6 Å². The second-order valence-electron chi connectivity index (χ2n) is 4.83. The largest absolute Gasteiger partial charge is 0.508 e. The van der Waals surface area contributed by atoms with Gasteiger partial charge in [-0.1, -0.05) is 13.8 Å². The van der Waals surface area contributed by atoms with Gasteiger partial charge in [-0.05, 0) is 6.07 Å². The zero-order valence-electron chi connectivity index (χ0n) is 10.9. The van der Waals surface area contributed by atoms with Gasteiger partial charge in [0.2, 0.25) is 0 Å². The van der Waals surface area contributed by atoms with Gasteiger partial charge < -0.3 is 20.1 Å².